The lowest BCUT2D eigenvalue weighted by atomic mass is 10.1. The monoisotopic (exact) mass is 267 g/mol. The molecule has 0 aliphatic heterocycles. The number of hydrogen-bond acceptors (Lipinski definition) is 3. The zero-order chi connectivity index (χ0) is 14.3. The lowest BCUT2D eigenvalue weighted by Gasteiger charge is -2.26. The number of nitrogens with one attached hydrogen (secondary N) is 1. The molecule has 0 saturated heterocycles. The molecule has 0 amide bonds. The Bertz CT molecular complexity index is 380. The van der Waals surface area contributed by atoms with Crippen LogP contribution >= 0.6 is 0 Å². The van der Waals surface area contributed by atoms with E-state index in [0.717, 1.165) is 37.4 Å². The molecule has 0 aliphatic carbocycles. The van der Waals surface area contributed by atoms with E-state index >= 15 is 0 Å². The summed E-state index contributed by atoms with van der Waals surface area (Å²) in [5.74, 6) is 1.20. The molecule has 0 radical (unpaired) electrons. The van der Waals surface area contributed by atoms with E-state index in [9.17, 15) is 4.39 Å². The summed E-state index contributed by atoms with van der Waals surface area (Å²) in [7, 11) is 0. The highest BCUT2D eigenvalue weighted by Gasteiger charge is 2.13. The molecule has 1 N–H and O–H groups in total. The minimum atomic E-state index is -0.266. The summed E-state index contributed by atoms with van der Waals surface area (Å²) in [5, 5.41) is 3.32. The summed E-state index contributed by atoms with van der Waals surface area (Å²) in [6.07, 6.45) is 2.38. The van der Waals surface area contributed by atoms with Gasteiger partial charge >= 0.3 is 0 Å². The van der Waals surface area contributed by atoms with Gasteiger partial charge < -0.3 is 10.2 Å². The third-order valence-corrected chi connectivity index (χ3v) is 2.92. The van der Waals surface area contributed by atoms with Gasteiger partial charge in [0, 0.05) is 25.2 Å². The molecule has 0 unspecified atom stereocenters. The molecule has 0 spiro atoms. The zero-order valence-electron chi connectivity index (χ0n) is 12.5. The maximum absolute atomic E-state index is 13.4. The molecule has 0 fully saturated rings. The van der Waals surface area contributed by atoms with Crippen molar-refractivity contribution in [1.29, 1.82) is 0 Å². The van der Waals surface area contributed by atoms with Crippen molar-refractivity contribution in [3.05, 3.63) is 23.6 Å². The van der Waals surface area contributed by atoms with E-state index in [1.165, 1.54) is 6.20 Å². The summed E-state index contributed by atoms with van der Waals surface area (Å²) < 4.78 is 13.4. The van der Waals surface area contributed by atoms with Crippen molar-refractivity contribution in [2.75, 3.05) is 24.5 Å². The Kier molecular flexibility index (Phi) is 6.78. The molecule has 0 saturated carbocycles. The number of aromatic nitrogens is 1. The molecule has 1 rings (SSSR count). The zero-order valence-corrected chi connectivity index (χ0v) is 12.5. The summed E-state index contributed by atoms with van der Waals surface area (Å²) in [6, 6.07) is 1.59. The fourth-order valence-corrected chi connectivity index (χ4v) is 2.09. The second-order valence-corrected chi connectivity index (χ2v) is 5.25. The minimum Gasteiger partial charge on any atom is -0.356 e. The Labute approximate surface area is 116 Å². The van der Waals surface area contributed by atoms with E-state index in [0.29, 0.717) is 12.5 Å². The normalized spacial score (nSPS) is 11.1. The third kappa shape index (κ3) is 5.15. The molecule has 0 aromatic carbocycles. The predicted octanol–water partition coefficient (Wildman–Crippen LogP) is 3.20. The summed E-state index contributed by atoms with van der Waals surface area (Å²) in [4.78, 5) is 6.51. The first-order chi connectivity index (χ1) is 9.08. The molecule has 1 aromatic rings. The average molecular weight is 267 g/mol. The lowest BCUT2D eigenvalue weighted by molar-refractivity contribution is 0.593. The van der Waals surface area contributed by atoms with Crippen molar-refractivity contribution < 1.29 is 4.39 Å². The topological polar surface area (TPSA) is 28.2 Å². The van der Waals surface area contributed by atoms with E-state index in [1.54, 1.807) is 6.07 Å². The van der Waals surface area contributed by atoms with Gasteiger partial charge in [-0.25, -0.2) is 9.37 Å². The van der Waals surface area contributed by atoms with E-state index in [2.05, 4.69) is 42.9 Å². The minimum absolute atomic E-state index is 0.266. The largest absolute Gasteiger partial charge is 0.356 e. The molecular formula is C15H26FN3. The van der Waals surface area contributed by atoms with Gasteiger partial charge in [0.25, 0.3) is 0 Å². The van der Waals surface area contributed by atoms with Crippen LogP contribution in [-0.4, -0.2) is 24.6 Å². The van der Waals surface area contributed by atoms with Gasteiger partial charge in [-0.2, -0.15) is 0 Å². The van der Waals surface area contributed by atoms with Gasteiger partial charge in [-0.1, -0.05) is 20.8 Å². The maximum atomic E-state index is 13.4. The summed E-state index contributed by atoms with van der Waals surface area (Å²) in [6.45, 7) is 12.0. The van der Waals surface area contributed by atoms with Gasteiger partial charge in [-0.15, -0.1) is 0 Å². The van der Waals surface area contributed by atoms with Crippen LogP contribution in [0.5, 0.6) is 0 Å². The molecule has 19 heavy (non-hydrogen) atoms. The highest BCUT2D eigenvalue weighted by molar-refractivity contribution is 5.46. The van der Waals surface area contributed by atoms with Gasteiger partial charge in [-0.3, -0.25) is 0 Å². The van der Waals surface area contributed by atoms with Crippen molar-refractivity contribution in [1.82, 2.24) is 10.3 Å². The van der Waals surface area contributed by atoms with Crippen LogP contribution < -0.4 is 10.2 Å². The SMILES string of the molecule is CCCNCc1cc(F)cnc1N(CC)CC(C)C. The number of halogens is 1. The van der Waals surface area contributed by atoms with Crippen molar-refractivity contribution in [2.24, 2.45) is 5.92 Å². The summed E-state index contributed by atoms with van der Waals surface area (Å²) >= 11 is 0. The molecule has 0 atom stereocenters. The predicted molar refractivity (Wildman–Crippen MR) is 78.9 cm³/mol. The van der Waals surface area contributed by atoms with Crippen LogP contribution in [0.25, 0.3) is 0 Å². The third-order valence-electron chi connectivity index (χ3n) is 2.92. The van der Waals surface area contributed by atoms with Crippen molar-refractivity contribution in [3.63, 3.8) is 0 Å². The number of hydrogen-bond donors (Lipinski definition) is 1. The molecular weight excluding hydrogens is 241 g/mol. The van der Waals surface area contributed by atoms with Crippen LogP contribution in [0.2, 0.25) is 0 Å². The van der Waals surface area contributed by atoms with E-state index in [1.807, 2.05) is 0 Å². The molecule has 1 aromatic heterocycles. The van der Waals surface area contributed by atoms with Gasteiger partial charge in [0.2, 0.25) is 0 Å². The van der Waals surface area contributed by atoms with Crippen LogP contribution in [0, 0.1) is 11.7 Å². The molecule has 4 heteroatoms. The molecule has 108 valence electrons. The molecule has 3 nitrogen and oxygen atoms in total. The first kappa shape index (κ1) is 15.9. The number of rotatable bonds is 8. The van der Waals surface area contributed by atoms with Crippen LogP contribution in [0.3, 0.4) is 0 Å². The van der Waals surface area contributed by atoms with Gasteiger partial charge in [0.15, 0.2) is 0 Å². The lowest BCUT2D eigenvalue weighted by Crippen LogP contribution is -2.30. The van der Waals surface area contributed by atoms with Crippen LogP contribution in [0.15, 0.2) is 12.3 Å². The highest BCUT2D eigenvalue weighted by Crippen LogP contribution is 2.19. The van der Waals surface area contributed by atoms with Crippen LogP contribution in [-0.2, 0) is 6.54 Å². The smallest absolute Gasteiger partial charge is 0.141 e. The first-order valence-corrected chi connectivity index (χ1v) is 7.18. The van der Waals surface area contributed by atoms with Gasteiger partial charge in [-0.05, 0) is 31.9 Å². The van der Waals surface area contributed by atoms with E-state index in [-0.39, 0.29) is 5.82 Å². The Morgan fingerprint density at radius 3 is 2.68 bits per heavy atom. The van der Waals surface area contributed by atoms with Gasteiger partial charge in [0.1, 0.15) is 11.6 Å². The number of pyridine rings is 1. The Morgan fingerprint density at radius 2 is 2.11 bits per heavy atom. The molecule has 1 heterocycles. The van der Waals surface area contributed by atoms with E-state index in [4.69, 9.17) is 0 Å². The standard InChI is InChI=1S/C15H26FN3/c1-5-7-17-9-13-8-14(16)10-18-15(13)19(6-2)11-12(3)4/h8,10,12,17H,5-7,9,11H2,1-4H3. The van der Waals surface area contributed by atoms with Crippen LogP contribution in [0.1, 0.15) is 39.7 Å². The first-order valence-electron chi connectivity index (χ1n) is 7.18. The highest BCUT2D eigenvalue weighted by atomic mass is 19.1. The second kappa shape index (κ2) is 8.10. The number of nitrogens with zero attached hydrogens (tertiary/aromatic N) is 2. The van der Waals surface area contributed by atoms with Crippen molar-refractivity contribution in [2.45, 2.75) is 40.7 Å². The van der Waals surface area contributed by atoms with Crippen molar-refractivity contribution in [3.8, 4) is 0 Å². The quantitative estimate of drug-likeness (QED) is 0.733. The Balaban J connectivity index is 2.89. The molecule has 0 aliphatic rings. The van der Waals surface area contributed by atoms with Gasteiger partial charge in [0.05, 0.1) is 6.20 Å². The van der Waals surface area contributed by atoms with Crippen molar-refractivity contribution >= 4 is 5.82 Å². The second-order valence-electron chi connectivity index (χ2n) is 5.25. The van der Waals surface area contributed by atoms with Crippen LogP contribution in [0.4, 0.5) is 10.2 Å². The Morgan fingerprint density at radius 1 is 1.37 bits per heavy atom. The maximum Gasteiger partial charge on any atom is 0.141 e. The Hall–Kier alpha value is -1.16. The van der Waals surface area contributed by atoms with E-state index < -0.39 is 0 Å². The summed E-state index contributed by atoms with van der Waals surface area (Å²) in [5.41, 5.74) is 0.941. The average Bonchev–Trinajstić information content (AvgIpc) is 2.37. The fraction of sp³-hybridized carbons (Fsp3) is 0.667. The fourth-order valence-electron chi connectivity index (χ4n) is 2.09. The number of anilines is 1. The molecule has 0 bridgehead atoms.